The van der Waals surface area contributed by atoms with Gasteiger partial charge in [0.05, 0.1) is 5.69 Å². The van der Waals surface area contributed by atoms with Crippen molar-refractivity contribution in [1.82, 2.24) is 0 Å². The lowest BCUT2D eigenvalue weighted by Gasteiger charge is -2.43. The minimum absolute atomic E-state index is 0.00488. The fourth-order valence-electron chi connectivity index (χ4n) is 2.73. The topological polar surface area (TPSA) is 87.7 Å². The molecule has 4 N–H and O–H groups in total. The molecule has 5 nitrogen and oxygen atoms in total. The summed E-state index contributed by atoms with van der Waals surface area (Å²) < 4.78 is 0. The minimum atomic E-state index is -0.875. The van der Waals surface area contributed by atoms with Crippen LogP contribution in [0, 0.1) is 11.3 Å². The fraction of sp³-hybridized carbons (Fsp3) is 0.429. The smallest absolute Gasteiger partial charge is 0.238 e. The van der Waals surface area contributed by atoms with Gasteiger partial charge in [-0.1, -0.05) is 24.2 Å². The first-order chi connectivity index (χ1) is 9.53. The van der Waals surface area contributed by atoms with Crippen molar-refractivity contribution in [2.45, 2.75) is 24.7 Å². The van der Waals surface area contributed by atoms with Crippen molar-refractivity contribution in [2.75, 3.05) is 11.6 Å². The first-order valence-corrected chi connectivity index (χ1v) is 7.68. The molecule has 0 atom stereocenters. The number of nitrogens with two attached hydrogens (primary N) is 1. The molecule has 0 saturated heterocycles. The van der Waals surface area contributed by atoms with Gasteiger partial charge in [0.2, 0.25) is 5.91 Å². The van der Waals surface area contributed by atoms with Crippen LogP contribution in [0.1, 0.15) is 19.8 Å². The van der Waals surface area contributed by atoms with Crippen LogP contribution in [0.3, 0.4) is 0 Å². The third-order valence-corrected chi connectivity index (χ3v) is 4.58. The number of rotatable bonds is 4. The zero-order valence-electron chi connectivity index (χ0n) is 11.6. The average molecular weight is 293 g/mol. The van der Waals surface area contributed by atoms with Crippen molar-refractivity contribution in [3.63, 3.8) is 0 Å². The Labute approximate surface area is 122 Å². The van der Waals surface area contributed by atoms with Gasteiger partial charge in [0, 0.05) is 4.90 Å². The van der Waals surface area contributed by atoms with Crippen LogP contribution in [0.4, 0.5) is 5.69 Å². The maximum absolute atomic E-state index is 12.5. The average Bonchev–Trinajstić information content (AvgIpc) is 2.43. The molecule has 0 aliphatic heterocycles. The standard InChI is InChI=1S/C14H19N3O2S/c1-9-7-14(8-9,12(15)17-19)13(18)16-10-5-3-4-6-11(10)20-2/h3-6,9,19H,7-8H2,1-2H3,(H2,15,17)(H,16,18). The van der Waals surface area contributed by atoms with E-state index in [2.05, 4.69) is 10.5 Å². The monoisotopic (exact) mass is 293 g/mol. The SMILES string of the molecule is CSc1ccccc1NC(=O)C1(/C(N)=N/O)CC(C)C1. The molecule has 1 amide bonds. The molecule has 0 radical (unpaired) electrons. The number of amidine groups is 1. The van der Waals surface area contributed by atoms with Crippen LogP contribution in [-0.2, 0) is 4.79 Å². The zero-order chi connectivity index (χ0) is 14.8. The van der Waals surface area contributed by atoms with Gasteiger partial charge in [-0.05, 0) is 37.1 Å². The summed E-state index contributed by atoms with van der Waals surface area (Å²) in [5.41, 5.74) is 5.62. The first kappa shape index (κ1) is 14.7. The Morgan fingerprint density at radius 1 is 1.50 bits per heavy atom. The predicted octanol–water partition coefficient (Wildman–Crippen LogP) is 2.51. The van der Waals surface area contributed by atoms with Crippen molar-refractivity contribution in [2.24, 2.45) is 22.2 Å². The largest absolute Gasteiger partial charge is 0.409 e. The summed E-state index contributed by atoms with van der Waals surface area (Å²) in [5.74, 6) is 0.193. The Hall–Kier alpha value is -1.69. The number of nitrogens with one attached hydrogen (secondary N) is 1. The second-order valence-corrected chi connectivity index (χ2v) is 6.08. The van der Waals surface area contributed by atoms with Crippen molar-refractivity contribution in [3.05, 3.63) is 24.3 Å². The maximum Gasteiger partial charge on any atom is 0.238 e. The Bertz CT molecular complexity index is 539. The molecule has 0 unspecified atom stereocenters. The zero-order valence-corrected chi connectivity index (χ0v) is 12.4. The molecule has 0 spiro atoms. The highest BCUT2D eigenvalue weighted by atomic mass is 32.2. The third kappa shape index (κ3) is 2.47. The van der Waals surface area contributed by atoms with Crippen molar-refractivity contribution in [1.29, 1.82) is 0 Å². The molecular weight excluding hydrogens is 274 g/mol. The lowest BCUT2D eigenvalue weighted by Crippen LogP contribution is -2.54. The summed E-state index contributed by atoms with van der Waals surface area (Å²) in [4.78, 5) is 13.5. The molecule has 1 aromatic rings. The van der Waals surface area contributed by atoms with E-state index < -0.39 is 5.41 Å². The molecular formula is C14H19N3O2S. The van der Waals surface area contributed by atoms with Gasteiger partial charge < -0.3 is 16.3 Å². The molecule has 1 aromatic carbocycles. The number of amides is 1. The molecule has 108 valence electrons. The highest BCUT2D eigenvalue weighted by molar-refractivity contribution is 7.98. The van der Waals surface area contributed by atoms with E-state index >= 15 is 0 Å². The summed E-state index contributed by atoms with van der Waals surface area (Å²) in [6, 6.07) is 7.59. The van der Waals surface area contributed by atoms with E-state index in [9.17, 15) is 4.79 Å². The van der Waals surface area contributed by atoms with Gasteiger partial charge in [-0.15, -0.1) is 11.8 Å². The Morgan fingerprint density at radius 2 is 2.15 bits per heavy atom. The van der Waals surface area contributed by atoms with Crippen molar-refractivity contribution in [3.8, 4) is 0 Å². The van der Waals surface area contributed by atoms with E-state index in [1.807, 2.05) is 37.4 Å². The number of nitrogens with zero attached hydrogens (tertiary/aromatic N) is 1. The highest BCUT2D eigenvalue weighted by Crippen LogP contribution is 2.46. The van der Waals surface area contributed by atoms with Gasteiger partial charge in [0.1, 0.15) is 5.41 Å². The summed E-state index contributed by atoms with van der Waals surface area (Å²) in [6.07, 6.45) is 3.17. The third-order valence-electron chi connectivity index (χ3n) is 3.78. The summed E-state index contributed by atoms with van der Waals surface area (Å²) in [6.45, 7) is 2.05. The van der Waals surface area contributed by atoms with E-state index in [0.29, 0.717) is 18.8 Å². The van der Waals surface area contributed by atoms with Crippen LogP contribution < -0.4 is 11.1 Å². The number of hydrogen-bond donors (Lipinski definition) is 3. The highest BCUT2D eigenvalue weighted by Gasteiger charge is 2.52. The summed E-state index contributed by atoms with van der Waals surface area (Å²) in [5, 5.41) is 14.9. The van der Waals surface area contributed by atoms with Crippen molar-refractivity contribution < 1.29 is 10.0 Å². The van der Waals surface area contributed by atoms with Gasteiger partial charge in [-0.2, -0.15) is 0 Å². The number of thioether (sulfide) groups is 1. The second-order valence-electron chi connectivity index (χ2n) is 5.24. The summed E-state index contributed by atoms with van der Waals surface area (Å²) >= 11 is 1.56. The second kappa shape index (κ2) is 5.75. The Balaban J connectivity index is 2.22. The van der Waals surface area contributed by atoms with Crippen LogP contribution in [0.15, 0.2) is 34.3 Å². The molecule has 0 heterocycles. The van der Waals surface area contributed by atoms with Gasteiger partial charge in [0.25, 0.3) is 0 Å². The van der Waals surface area contributed by atoms with Crippen LogP contribution in [0.5, 0.6) is 0 Å². The molecule has 1 saturated carbocycles. The number of hydrogen-bond acceptors (Lipinski definition) is 4. The van der Waals surface area contributed by atoms with Gasteiger partial charge in [0.15, 0.2) is 5.84 Å². The lowest BCUT2D eigenvalue weighted by molar-refractivity contribution is -0.127. The number of benzene rings is 1. The maximum atomic E-state index is 12.5. The van der Waals surface area contributed by atoms with Crippen LogP contribution in [-0.4, -0.2) is 23.2 Å². The number of oxime groups is 1. The predicted molar refractivity (Wildman–Crippen MR) is 81.1 cm³/mol. The van der Waals surface area contributed by atoms with Gasteiger partial charge in [-0.3, -0.25) is 4.79 Å². The molecule has 6 heteroatoms. The quantitative estimate of drug-likeness (QED) is 0.262. The van der Waals surface area contributed by atoms with E-state index in [0.717, 1.165) is 10.6 Å². The number of anilines is 1. The van der Waals surface area contributed by atoms with E-state index in [1.165, 1.54) is 0 Å². The summed E-state index contributed by atoms with van der Waals surface area (Å²) in [7, 11) is 0. The van der Waals surface area contributed by atoms with Crippen molar-refractivity contribution >= 4 is 29.2 Å². The van der Waals surface area contributed by atoms with Crippen LogP contribution >= 0.6 is 11.8 Å². The molecule has 2 rings (SSSR count). The van der Waals surface area contributed by atoms with E-state index in [-0.39, 0.29) is 11.7 Å². The Kier molecular flexibility index (Phi) is 4.23. The van der Waals surface area contributed by atoms with Crippen LogP contribution in [0.2, 0.25) is 0 Å². The molecule has 20 heavy (non-hydrogen) atoms. The number of carbonyl (C=O) groups excluding carboxylic acids is 1. The molecule has 1 aliphatic rings. The van der Waals surface area contributed by atoms with E-state index in [4.69, 9.17) is 10.9 Å². The first-order valence-electron chi connectivity index (χ1n) is 6.46. The molecule has 0 bridgehead atoms. The number of carbonyl (C=O) groups is 1. The molecule has 1 aliphatic carbocycles. The van der Waals surface area contributed by atoms with Crippen LogP contribution in [0.25, 0.3) is 0 Å². The normalized spacial score (nSPS) is 25.9. The molecule has 0 aromatic heterocycles. The Morgan fingerprint density at radius 3 is 2.70 bits per heavy atom. The number of para-hydroxylation sites is 1. The lowest BCUT2D eigenvalue weighted by atomic mass is 9.61. The fourth-order valence-corrected chi connectivity index (χ4v) is 3.28. The van der Waals surface area contributed by atoms with Gasteiger partial charge >= 0.3 is 0 Å². The minimum Gasteiger partial charge on any atom is -0.409 e. The molecule has 1 fully saturated rings. The van der Waals surface area contributed by atoms with Gasteiger partial charge in [-0.25, -0.2) is 0 Å². The van der Waals surface area contributed by atoms with E-state index in [1.54, 1.807) is 11.8 Å².